The highest BCUT2D eigenvalue weighted by atomic mass is 16.4. The lowest BCUT2D eigenvalue weighted by Gasteiger charge is -2.26. The Morgan fingerprint density at radius 2 is 1.04 bits per heavy atom. The van der Waals surface area contributed by atoms with Crippen molar-refractivity contribution >= 4 is 60.9 Å². The van der Waals surface area contributed by atoms with Gasteiger partial charge >= 0.3 is 0 Å². The Bertz CT molecular complexity index is 2840. The highest BCUT2D eigenvalue weighted by molar-refractivity contribution is 6.15. The number of para-hydroxylation sites is 1. The summed E-state index contributed by atoms with van der Waals surface area (Å²) in [5, 5.41) is 4.56. The van der Waals surface area contributed by atoms with Crippen molar-refractivity contribution in [2.24, 2.45) is 0 Å². The molecule has 0 saturated heterocycles. The summed E-state index contributed by atoms with van der Waals surface area (Å²) in [5.41, 5.74) is 11.9. The summed E-state index contributed by atoms with van der Waals surface area (Å²) >= 11 is 0. The molecule has 10 aromatic rings. The molecular weight excluding hydrogens is 625 g/mol. The first-order valence-corrected chi connectivity index (χ1v) is 17.1. The van der Waals surface area contributed by atoms with E-state index in [-0.39, 0.29) is 0 Å². The van der Waals surface area contributed by atoms with Gasteiger partial charge in [0.15, 0.2) is 5.58 Å². The zero-order valence-corrected chi connectivity index (χ0v) is 27.5. The Balaban J connectivity index is 1.02. The summed E-state index contributed by atoms with van der Waals surface area (Å²) in [6.07, 6.45) is 0. The molecule has 0 radical (unpaired) electrons. The van der Waals surface area contributed by atoms with Crippen molar-refractivity contribution in [1.82, 2.24) is 4.98 Å². The largest absolute Gasteiger partial charge is 0.456 e. The number of hydrogen-bond donors (Lipinski definition) is 0. The minimum Gasteiger partial charge on any atom is -0.456 e. The lowest BCUT2D eigenvalue weighted by molar-refractivity contribution is 0.620. The number of hydrogen-bond acceptors (Lipinski definition) is 4. The van der Waals surface area contributed by atoms with Gasteiger partial charge in [-0.15, -0.1) is 0 Å². The SMILES string of the molecule is c1ccc(-c2nc3cc4oc5cccc(-c6ccc(N(c7ccccc7)c7ccc(-c8ccc9ccccc9c8)cc7)cc6)c5c4cc3o2)cc1. The minimum atomic E-state index is 0.602. The molecule has 0 aliphatic carbocycles. The molecule has 4 heteroatoms. The van der Waals surface area contributed by atoms with Crippen LogP contribution in [0.1, 0.15) is 0 Å². The predicted octanol–water partition coefficient (Wildman–Crippen LogP) is 13.4. The van der Waals surface area contributed by atoms with E-state index in [2.05, 4.69) is 144 Å². The van der Waals surface area contributed by atoms with Crippen molar-refractivity contribution in [3.8, 4) is 33.7 Å². The molecule has 0 fully saturated rings. The zero-order chi connectivity index (χ0) is 33.7. The summed E-state index contributed by atoms with van der Waals surface area (Å²) in [6, 6.07) is 63.5. The van der Waals surface area contributed by atoms with Gasteiger partial charge in [0.05, 0.1) is 0 Å². The van der Waals surface area contributed by atoms with Crippen LogP contribution in [-0.2, 0) is 0 Å². The Hall–Kier alpha value is -6.91. The first kappa shape index (κ1) is 29.0. The second kappa shape index (κ2) is 11.9. The maximum absolute atomic E-state index is 6.39. The molecule has 0 amide bonds. The van der Waals surface area contributed by atoms with Gasteiger partial charge in [-0.1, -0.05) is 109 Å². The Morgan fingerprint density at radius 3 is 1.80 bits per heavy atom. The molecule has 240 valence electrons. The van der Waals surface area contributed by atoms with Crippen LogP contribution in [0.2, 0.25) is 0 Å². The van der Waals surface area contributed by atoms with E-state index in [1.807, 2.05) is 42.5 Å². The third kappa shape index (κ3) is 5.13. The predicted molar refractivity (Wildman–Crippen MR) is 210 cm³/mol. The molecule has 0 atom stereocenters. The summed E-state index contributed by atoms with van der Waals surface area (Å²) in [7, 11) is 0. The molecule has 0 spiro atoms. The van der Waals surface area contributed by atoms with Crippen molar-refractivity contribution in [3.63, 3.8) is 0 Å². The molecular formula is C47H30N2O2. The maximum Gasteiger partial charge on any atom is 0.227 e. The Labute approximate surface area is 294 Å². The van der Waals surface area contributed by atoms with Crippen LogP contribution in [0.5, 0.6) is 0 Å². The fourth-order valence-electron chi connectivity index (χ4n) is 7.18. The number of furan rings is 1. The van der Waals surface area contributed by atoms with E-state index in [1.54, 1.807) is 0 Å². The van der Waals surface area contributed by atoms with Crippen LogP contribution in [0.3, 0.4) is 0 Å². The molecule has 8 aromatic carbocycles. The molecule has 0 bridgehead atoms. The van der Waals surface area contributed by atoms with Crippen LogP contribution < -0.4 is 4.90 Å². The average Bonchev–Trinajstić information content (AvgIpc) is 3.79. The van der Waals surface area contributed by atoms with Gasteiger partial charge in [0.2, 0.25) is 5.89 Å². The van der Waals surface area contributed by atoms with E-state index in [4.69, 9.17) is 13.8 Å². The zero-order valence-electron chi connectivity index (χ0n) is 27.5. The number of oxazole rings is 1. The molecule has 4 nitrogen and oxygen atoms in total. The quantitative estimate of drug-likeness (QED) is 0.179. The van der Waals surface area contributed by atoms with Gasteiger partial charge in [-0.05, 0) is 99.8 Å². The van der Waals surface area contributed by atoms with Gasteiger partial charge in [0, 0.05) is 39.5 Å². The fraction of sp³-hybridized carbons (Fsp3) is 0. The van der Waals surface area contributed by atoms with Crippen molar-refractivity contribution in [2.75, 3.05) is 4.90 Å². The van der Waals surface area contributed by atoms with Crippen LogP contribution in [0, 0.1) is 0 Å². The van der Waals surface area contributed by atoms with Crippen LogP contribution in [0.4, 0.5) is 17.1 Å². The summed E-state index contributed by atoms with van der Waals surface area (Å²) in [6.45, 7) is 0. The summed E-state index contributed by atoms with van der Waals surface area (Å²) in [4.78, 5) is 7.06. The summed E-state index contributed by atoms with van der Waals surface area (Å²) in [5.74, 6) is 0.602. The van der Waals surface area contributed by atoms with Gasteiger partial charge in [0.25, 0.3) is 0 Å². The van der Waals surface area contributed by atoms with Crippen molar-refractivity contribution in [2.45, 2.75) is 0 Å². The summed E-state index contributed by atoms with van der Waals surface area (Å²) < 4.78 is 12.6. The van der Waals surface area contributed by atoms with Crippen LogP contribution in [-0.4, -0.2) is 4.98 Å². The number of nitrogens with zero attached hydrogens (tertiary/aromatic N) is 2. The smallest absolute Gasteiger partial charge is 0.227 e. The topological polar surface area (TPSA) is 42.4 Å². The molecule has 2 aromatic heterocycles. The number of rotatable bonds is 6. The van der Waals surface area contributed by atoms with E-state index in [0.29, 0.717) is 5.89 Å². The van der Waals surface area contributed by atoms with Gasteiger partial charge in [0.1, 0.15) is 16.7 Å². The standard InChI is InChI=1S/C47H30N2O2/c1-3-11-34(12-4-1)47-48-42-30-44-41(29-45(42)51-47)46-40(16-9-17-43(46)50-44)33-22-26-39(27-23-33)49(37-14-5-2-6-15-37)38-24-20-32(21-25-38)36-19-18-31-10-7-8-13-35(31)28-36/h1-30H. The third-order valence-electron chi connectivity index (χ3n) is 9.69. The molecule has 0 saturated carbocycles. The number of aromatic nitrogens is 1. The van der Waals surface area contributed by atoms with Crippen LogP contribution in [0.15, 0.2) is 191 Å². The Morgan fingerprint density at radius 1 is 0.392 bits per heavy atom. The minimum absolute atomic E-state index is 0.602. The first-order chi connectivity index (χ1) is 25.2. The molecule has 0 aliphatic rings. The maximum atomic E-state index is 6.39. The highest BCUT2D eigenvalue weighted by Gasteiger charge is 2.18. The van der Waals surface area contributed by atoms with Crippen molar-refractivity contribution < 1.29 is 8.83 Å². The number of anilines is 3. The van der Waals surface area contributed by atoms with Crippen LogP contribution in [0.25, 0.3) is 77.5 Å². The second-order valence-corrected chi connectivity index (χ2v) is 12.8. The lowest BCUT2D eigenvalue weighted by atomic mass is 9.98. The highest BCUT2D eigenvalue weighted by Crippen LogP contribution is 2.41. The molecule has 0 aliphatic heterocycles. The van der Waals surface area contributed by atoms with Gasteiger partial charge in [-0.25, -0.2) is 4.98 Å². The van der Waals surface area contributed by atoms with Gasteiger partial charge in [-0.2, -0.15) is 0 Å². The van der Waals surface area contributed by atoms with E-state index >= 15 is 0 Å². The van der Waals surface area contributed by atoms with Crippen molar-refractivity contribution in [1.29, 1.82) is 0 Å². The number of fused-ring (bicyclic) bond motifs is 5. The molecule has 10 rings (SSSR count). The first-order valence-electron chi connectivity index (χ1n) is 17.1. The average molecular weight is 655 g/mol. The van der Waals surface area contributed by atoms with Crippen LogP contribution >= 0.6 is 0 Å². The monoisotopic (exact) mass is 654 g/mol. The van der Waals surface area contributed by atoms with Gasteiger partial charge in [-0.3, -0.25) is 0 Å². The molecule has 0 unspecified atom stereocenters. The third-order valence-corrected chi connectivity index (χ3v) is 9.69. The second-order valence-electron chi connectivity index (χ2n) is 12.8. The van der Waals surface area contributed by atoms with E-state index < -0.39 is 0 Å². The van der Waals surface area contributed by atoms with Crippen molar-refractivity contribution in [3.05, 3.63) is 182 Å². The fourth-order valence-corrected chi connectivity index (χ4v) is 7.18. The molecule has 0 N–H and O–H groups in total. The van der Waals surface area contributed by atoms with Gasteiger partial charge < -0.3 is 13.7 Å². The van der Waals surface area contributed by atoms with E-state index in [1.165, 1.54) is 21.9 Å². The Kier molecular flexibility index (Phi) is 6.78. The molecule has 2 heterocycles. The normalized spacial score (nSPS) is 11.5. The lowest BCUT2D eigenvalue weighted by Crippen LogP contribution is -2.09. The van der Waals surface area contributed by atoms with E-state index in [0.717, 1.165) is 66.8 Å². The number of benzene rings is 8. The molecule has 51 heavy (non-hydrogen) atoms. The van der Waals surface area contributed by atoms with E-state index in [9.17, 15) is 0 Å².